The minimum atomic E-state index is -3.38. The summed E-state index contributed by atoms with van der Waals surface area (Å²) in [6, 6.07) is 0.0207. The maximum Gasteiger partial charge on any atom is 0.332 e. The van der Waals surface area contributed by atoms with Crippen LogP contribution in [0.25, 0.3) is 0 Å². The molecule has 1 atom stereocenters. The van der Waals surface area contributed by atoms with Crippen LogP contribution >= 0.6 is 15.9 Å². The van der Waals surface area contributed by atoms with Crippen LogP contribution in [0.2, 0.25) is 0 Å². The molecule has 7 heteroatoms. The topological polar surface area (TPSA) is 50.9 Å². The molecule has 14 heavy (non-hydrogen) atoms. The van der Waals surface area contributed by atoms with Gasteiger partial charge in [0.15, 0.2) is 6.10 Å². The highest BCUT2D eigenvalue weighted by atomic mass is 79.9. The van der Waals surface area contributed by atoms with Gasteiger partial charge in [-0.25, -0.2) is 4.68 Å². The summed E-state index contributed by atoms with van der Waals surface area (Å²) < 4.78 is 26.6. The third-order valence-electron chi connectivity index (χ3n) is 1.65. The van der Waals surface area contributed by atoms with Crippen molar-refractivity contribution in [3.05, 3.63) is 11.9 Å². The van der Waals surface area contributed by atoms with Gasteiger partial charge in [-0.1, -0.05) is 5.21 Å². The van der Waals surface area contributed by atoms with Crippen molar-refractivity contribution in [2.24, 2.45) is 0 Å². The van der Waals surface area contributed by atoms with Gasteiger partial charge in [0.1, 0.15) is 5.69 Å². The molecule has 0 saturated heterocycles. The summed E-state index contributed by atoms with van der Waals surface area (Å²) >= 11 is 2.07. The number of rotatable bonds is 3. The average Bonchev–Trinajstić information content (AvgIpc) is 2.48. The summed E-state index contributed by atoms with van der Waals surface area (Å²) in [6.45, 7) is 3.66. The number of hydrogen-bond donors (Lipinski definition) is 1. The summed E-state index contributed by atoms with van der Waals surface area (Å²) in [5, 5.41) is 16.2. The van der Waals surface area contributed by atoms with Crippen LogP contribution in [0.15, 0.2) is 6.20 Å². The monoisotopic (exact) mass is 269 g/mol. The largest absolute Gasteiger partial charge is 0.380 e. The molecule has 0 aliphatic heterocycles. The Kier molecular flexibility index (Phi) is 3.20. The molecule has 0 aromatic carbocycles. The lowest BCUT2D eigenvalue weighted by molar-refractivity contribution is -0.0317. The quantitative estimate of drug-likeness (QED) is 0.853. The average molecular weight is 270 g/mol. The van der Waals surface area contributed by atoms with E-state index in [0.29, 0.717) is 0 Å². The normalized spacial score (nSPS) is 14.8. The van der Waals surface area contributed by atoms with E-state index in [1.54, 1.807) is 0 Å². The fraction of sp³-hybridized carbons (Fsp3) is 0.714. The lowest BCUT2D eigenvalue weighted by Crippen LogP contribution is -2.18. The van der Waals surface area contributed by atoms with Gasteiger partial charge >= 0.3 is 4.83 Å². The van der Waals surface area contributed by atoms with Crippen LogP contribution in [0.3, 0.4) is 0 Å². The van der Waals surface area contributed by atoms with E-state index in [2.05, 4.69) is 26.2 Å². The second-order valence-corrected chi connectivity index (χ2v) is 4.22. The van der Waals surface area contributed by atoms with Crippen molar-refractivity contribution in [2.45, 2.75) is 30.8 Å². The smallest absolute Gasteiger partial charge is 0.332 e. The van der Waals surface area contributed by atoms with Gasteiger partial charge in [-0.3, -0.25) is 0 Å². The highest BCUT2D eigenvalue weighted by Crippen LogP contribution is 2.35. The molecule has 0 aliphatic rings. The lowest BCUT2D eigenvalue weighted by atomic mass is 10.3. The van der Waals surface area contributed by atoms with Crippen LogP contribution in [0.4, 0.5) is 8.78 Å². The van der Waals surface area contributed by atoms with Crippen molar-refractivity contribution in [1.29, 1.82) is 0 Å². The number of aliphatic hydroxyl groups excluding tert-OH is 1. The Morgan fingerprint density at radius 1 is 1.57 bits per heavy atom. The molecular formula is C7H10BrF2N3O. The second kappa shape index (κ2) is 3.90. The highest BCUT2D eigenvalue weighted by molar-refractivity contribution is 9.10. The summed E-state index contributed by atoms with van der Waals surface area (Å²) in [5.74, 6) is 0. The number of halogens is 3. The molecule has 1 rings (SSSR count). The van der Waals surface area contributed by atoms with Crippen LogP contribution in [-0.2, 0) is 0 Å². The highest BCUT2D eigenvalue weighted by Gasteiger charge is 2.38. The van der Waals surface area contributed by atoms with Gasteiger partial charge in [0.25, 0.3) is 0 Å². The van der Waals surface area contributed by atoms with Crippen LogP contribution in [-0.4, -0.2) is 24.9 Å². The van der Waals surface area contributed by atoms with E-state index in [-0.39, 0.29) is 11.7 Å². The van der Waals surface area contributed by atoms with Crippen LogP contribution in [0.5, 0.6) is 0 Å². The molecule has 0 aliphatic carbocycles. The number of alkyl halides is 3. The van der Waals surface area contributed by atoms with E-state index in [0.717, 1.165) is 0 Å². The molecule has 0 saturated carbocycles. The van der Waals surface area contributed by atoms with Gasteiger partial charge in [-0.05, 0) is 29.8 Å². The Balaban J connectivity index is 2.87. The fourth-order valence-corrected chi connectivity index (χ4v) is 1.07. The van der Waals surface area contributed by atoms with E-state index in [1.165, 1.54) is 10.9 Å². The Morgan fingerprint density at radius 2 is 2.14 bits per heavy atom. The zero-order chi connectivity index (χ0) is 10.9. The fourth-order valence-electron chi connectivity index (χ4n) is 0.836. The summed E-state index contributed by atoms with van der Waals surface area (Å²) in [7, 11) is 0. The first kappa shape index (κ1) is 11.5. The number of nitrogens with zero attached hydrogens (tertiary/aromatic N) is 3. The SMILES string of the molecule is CC(C)n1cc(C(O)C(F)(F)Br)nn1. The van der Waals surface area contributed by atoms with Crippen molar-refractivity contribution in [2.75, 3.05) is 0 Å². The molecular weight excluding hydrogens is 260 g/mol. The molecule has 1 N–H and O–H groups in total. The van der Waals surface area contributed by atoms with Gasteiger partial charge in [-0.15, -0.1) is 5.10 Å². The Morgan fingerprint density at radius 3 is 2.50 bits per heavy atom. The first-order valence-electron chi connectivity index (χ1n) is 3.99. The Hall–Kier alpha value is -0.560. The first-order valence-corrected chi connectivity index (χ1v) is 4.78. The number of aliphatic hydroxyl groups is 1. The predicted molar refractivity (Wildman–Crippen MR) is 49.2 cm³/mol. The second-order valence-electron chi connectivity index (χ2n) is 3.16. The molecule has 0 bridgehead atoms. The summed E-state index contributed by atoms with van der Waals surface area (Å²) in [5.41, 5.74) is -0.152. The van der Waals surface area contributed by atoms with Crippen LogP contribution in [0.1, 0.15) is 31.7 Å². The molecule has 1 aromatic rings. The van der Waals surface area contributed by atoms with E-state index >= 15 is 0 Å². The Labute approximate surface area is 88.0 Å². The molecule has 1 aromatic heterocycles. The molecule has 80 valence electrons. The van der Waals surface area contributed by atoms with Crippen molar-refractivity contribution >= 4 is 15.9 Å². The van der Waals surface area contributed by atoms with Crippen LogP contribution in [0, 0.1) is 0 Å². The summed E-state index contributed by atoms with van der Waals surface area (Å²) in [6.07, 6.45) is -0.681. The maximum absolute atomic E-state index is 12.6. The minimum absolute atomic E-state index is 0.0207. The van der Waals surface area contributed by atoms with E-state index < -0.39 is 10.9 Å². The van der Waals surface area contributed by atoms with E-state index in [1.807, 2.05) is 13.8 Å². The first-order chi connectivity index (χ1) is 6.32. The van der Waals surface area contributed by atoms with E-state index in [4.69, 9.17) is 5.11 Å². The predicted octanol–water partition coefficient (Wildman–Crippen LogP) is 1.88. The van der Waals surface area contributed by atoms with Crippen molar-refractivity contribution in [1.82, 2.24) is 15.0 Å². The maximum atomic E-state index is 12.6. The minimum Gasteiger partial charge on any atom is -0.380 e. The standard InChI is InChI=1S/C7H10BrF2N3O/c1-4(2)13-3-5(11-12-13)6(14)7(8,9)10/h3-4,6,14H,1-2H3. The summed E-state index contributed by atoms with van der Waals surface area (Å²) in [4.78, 5) is -3.38. The van der Waals surface area contributed by atoms with Gasteiger partial charge in [0.05, 0.1) is 6.20 Å². The molecule has 4 nitrogen and oxygen atoms in total. The van der Waals surface area contributed by atoms with Crippen molar-refractivity contribution in [3.8, 4) is 0 Å². The van der Waals surface area contributed by atoms with Gasteiger partial charge in [0.2, 0.25) is 0 Å². The number of hydrogen-bond acceptors (Lipinski definition) is 3. The zero-order valence-corrected chi connectivity index (χ0v) is 9.24. The third-order valence-corrected chi connectivity index (χ3v) is 2.08. The molecule has 0 amide bonds. The number of aromatic nitrogens is 3. The lowest BCUT2D eigenvalue weighted by Gasteiger charge is -2.12. The van der Waals surface area contributed by atoms with Crippen molar-refractivity contribution < 1.29 is 13.9 Å². The van der Waals surface area contributed by atoms with Gasteiger partial charge in [-0.2, -0.15) is 8.78 Å². The van der Waals surface area contributed by atoms with Crippen LogP contribution < -0.4 is 0 Å². The Bertz CT molecular complexity index is 310. The van der Waals surface area contributed by atoms with Gasteiger partial charge < -0.3 is 5.11 Å². The van der Waals surface area contributed by atoms with Crippen molar-refractivity contribution in [3.63, 3.8) is 0 Å². The van der Waals surface area contributed by atoms with Gasteiger partial charge in [0, 0.05) is 6.04 Å². The molecule has 0 radical (unpaired) electrons. The third kappa shape index (κ3) is 2.48. The molecule has 0 spiro atoms. The van der Waals surface area contributed by atoms with E-state index in [9.17, 15) is 8.78 Å². The molecule has 0 fully saturated rings. The zero-order valence-electron chi connectivity index (χ0n) is 7.65. The molecule has 1 heterocycles. The molecule has 1 unspecified atom stereocenters.